The van der Waals surface area contributed by atoms with E-state index in [0.717, 1.165) is 0 Å². The van der Waals surface area contributed by atoms with Crippen LogP contribution in [0.25, 0.3) is 22.3 Å². The number of nitrogen functional groups attached to an aromatic ring is 1. The highest BCUT2D eigenvalue weighted by Crippen LogP contribution is 2.44. The molecule has 2 N–H and O–H groups in total. The Morgan fingerprint density at radius 2 is 1.59 bits per heavy atom. The van der Waals surface area contributed by atoms with Crippen molar-refractivity contribution in [3.63, 3.8) is 0 Å². The Labute approximate surface area is 163 Å². The van der Waals surface area contributed by atoms with E-state index in [1.165, 1.54) is 30.3 Å². The third-order valence-corrected chi connectivity index (χ3v) is 4.57. The number of rotatable bonds is 3. The summed E-state index contributed by atoms with van der Waals surface area (Å²) in [6.07, 6.45) is 0. The molecule has 4 nitrogen and oxygen atoms in total. The number of hydrogen-bond donors (Lipinski definition) is 1. The Kier molecular flexibility index (Phi) is 5.05. The second-order valence-corrected chi connectivity index (χ2v) is 6.77. The fraction of sp³-hybridized carbons (Fsp3) is 0. The standard InChI is InChI=1S/C18H9F4IN2O2/c19-11-6-8(23)4-5-9(11)15-10(2-1-3-14(15)24)16-17(22)12(20)7-13(21)18(16)25(26)27/h1-7H,24H2. The Balaban J connectivity index is 2.46. The number of nitrogens with zero attached hydrogens (tertiary/aromatic N) is 1. The molecule has 138 valence electrons. The van der Waals surface area contributed by atoms with Crippen LogP contribution in [-0.2, 0) is 0 Å². The van der Waals surface area contributed by atoms with Crippen LogP contribution in [-0.4, -0.2) is 4.92 Å². The third-order valence-electron chi connectivity index (χ3n) is 3.89. The monoisotopic (exact) mass is 488 g/mol. The van der Waals surface area contributed by atoms with Crippen LogP contribution in [0.15, 0.2) is 42.5 Å². The van der Waals surface area contributed by atoms with E-state index in [4.69, 9.17) is 5.73 Å². The molecule has 0 aliphatic carbocycles. The summed E-state index contributed by atoms with van der Waals surface area (Å²) < 4.78 is 57.4. The first kappa shape index (κ1) is 19.1. The van der Waals surface area contributed by atoms with E-state index in [1.54, 1.807) is 6.07 Å². The Morgan fingerprint density at radius 3 is 2.22 bits per heavy atom. The largest absolute Gasteiger partial charge is 0.398 e. The van der Waals surface area contributed by atoms with Crippen molar-refractivity contribution in [3.8, 4) is 22.3 Å². The molecule has 0 aliphatic rings. The molecule has 3 aromatic carbocycles. The highest BCUT2D eigenvalue weighted by molar-refractivity contribution is 14.1. The van der Waals surface area contributed by atoms with Crippen molar-refractivity contribution in [3.05, 3.63) is 79.4 Å². The quantitative estimate of drug-likeness (QED) is 0.129. The average molecular weight is 488 g/mol. The van der Waals surface area contributed by atoms with Crippen molar-refractivity contribution < 1.29 is 22.5 Å². The molecule has 27 heavy (non-hydrogen) atoms. The SMILES string of the molecule is Nc1cccc(-c2c(F)c(F)cc(F)c2[N+](=O)[O-])c1-c1ccc(I)cc1F. The topological polar surface area (TPSA) is 69.2 Å². The average Bonchev–Trinajstić information content (AvgIpc) is 2.58. The van der Waals surface area contributed by atoms with Crippen molar-refractivity contribution in [1.82, 2.24) is 0 Å². The maximum absolute atomic E-state index is 14.5. The van der Waals surface area contributed by atoms with Gasteiger partial charge in [-0.1, -0.05) is 18.2 Å². The molecule has 0 bridgehead atoms. The van der Waals surface area contributed by atoms with Gasteiger partial charge in [0, 0.05) is 32.0 Å². The van der Waals surface area contributed by atoms with Crippen LogP contribution in [0.5, 0.6) is 0 Å². The Hall–Kier alpha value is -2.69. The van der Waals surface area contributed by atoms with Crippen molar-refractivity contribution in [2.75, 3.05) is 5.73 Å². The summed E-state index contributed by atoms with van der Waals surface area (Å²) >= 11 is 1.88. The molecule has 0 fully saturated rings. The highest BCUT2D eigenvalue weighted by Gasteiger charge is 2.31. The van der Waals surface area contributed by atoms with Gasteiger partial charge < -0.3 is 5.73 Å². The minimum absolute atomic E-state index is 0.0361. The van der Waals surface area contributed by atoms with Crippen molar-refractivity contribution >= 4 is 34.0 Å². The van der Waals surface area contributed by atoms with Crippen molar-refractivity contribution in [2.24, 2.45) is 0 Å². The van der Waals surface area contributed by atoms with Crippen molar-refractivity contribution in [2.45, 2.75) is 0 Å². The van der Waals surface area contributed by atoms with E-state index in [0.29, 0.717) is 3.57 Å². The van der Waals surface area contributed by atoms with Gasteiger partial charge in [0.1, 0.15) is 11.4 Å². The second-order valence-electron chi connectivity index (χ2n) is 5.53. The first-order valence-corrected chi connectivity index (χ1v) is 8.46. The number of anilines is 1. The van der Waals surface area contributed by atoms with Gasteiger partial charge in [0.05, 0.1) is 4.92 Å². The minimum atomic E-state index is -1.62. The number of nitro benzene ring substituents is 1. The summed E-state index contributed by atoms with van der Waals surface area (Å²) in [6.45, 7) is 0. The van der Waals surface area contributed by atoms with Gasteiger partial charge in [0.25, 0.3) is 0 Å². The summed E-state index contributed by atoms with van der Waals surface area (Å²) in [5, 5.41) is 11.3. The van der Waals surface area contributed by atoms with E-state index < -0.39 is 39.4 Å². The fourth-order valence-electron chi connectivity index (χ4n) is 2.78. The summed E-state index contributed by atoms with van der Waals surface area (Å²) in [6, 6.07) is 8.06. The maximum atomic E-state index is 14.5. The molecular formula is C18H9F4IN2O2. The summed E-state index contributed by atoms with van der Waals surface area (Å²) in [4.78, 5) is 10.1. The van der Waals surface area contributed by atoms with E-state index >= 15 is 0 Å². The summed E-state index contributed by atoms with van der Waals surface area (Å²) in [7, 11) is 0. The Bertz CT molecular complexity index is 1090. The number of nitro groups is 1. The van der Waals surface area contributed by atoms with Crippen LogP contribution in [0.3, 0.4) is 0 Å². The molecule has 0 heterocycles. The molecule has 0 aliphatic heterocycles. The molecule has 9 heteroatoms. The molecule has 0 atom stereocenters. The molecule has 0 radical (unpaired) electrons. The predicted molar refractivity (Wildman–Crippen MR) is 101 cm³/mol. The molecule has 0 saturated heterocycles. The molecule has 0 spiro atoms. The highest BCUT2D eigenvalue weighted by atomic mass is 127. The van der Waals surface area contributed by atoms with Gasteiger partial charge in [-0.2, -0.15) is 4.39 Å². The van der Waals surface area contributed by atoms with Gasteiger partial charge >= 0.3 is 5.69 Å². The van der Waals surface area contributed by atoms with E-state index in [2.05, 4.69) is 0 Å². The lowest BCUT2D eigenvalue weighted by Crippen LogP contribution is -2.04. The molecular weight excluding hydrogens is 479 g/mol. The number of nitrogens with two attached hydrogens (primary N) is 1. The number of halogens is 5. The smallest absolute Gasteiger partial charge is 0.315 e. The lowest BCUT2D eigenvalue weighted by atomic mass is 9.91. The van der Waals surface area contributed by atoms with E-state index in [-0.39, 0.29) is 28.4 Å². The summed E-state index contributed by atoms with van der Waals surface area (Å²) in [5.74, 6) is -5.50. The third kappa shape index (κ3) is 3.34. The fourth-order valence-corrected chi connectivity index (χ4v) is 3.23. The number of benzene rings is 3. The lowest BCUT2D eigenvalue weighted by Gasteiger charge is -2.15. The second kappa shape index (κ2) is 7.14. The van der Waals surface area contributed by atoms with E-state index in [1.807, 2.05) is 22.6 Å². The maximum Gasteiger partial charge on any atom is 0.315 e. The van der Waals surface area contributed by atoms with Crippen LogP contribution in [0, 0.1) is 37.0 Å². The molecule has 3 rings (SSSR count). The normalized spacial score (nSPS) is 10.9. The van der Waals surface area contributed by atoms with Crippen molar-refractivity contribution in [1.29, 1.82) is 0 Å². The van der Waals surface area contributed by atoms with Crippen LogP contribution >= 0.6 is 22.6 Å². The van der Waals surface area contributed by atoms with Gasteiger partial charge in [-0.05, 0) is 40.8 Å². The van der Waals surface area contributed by atoms with Gasteiger partial charge in [-0.15, -0.1) is 0 Å². The zero-order chi connectivity index (χ0) is 19.9. The van der Waals surface area contributed by atoms with E-state index in [9.17, 15) is 27.7 Å². The van der Waals surface area contributed by atoms with Crippen LogP contribution in [0.2, 0.25) is 0 Å². The minimum Gasteiger partial charge on any atom is -0.398 e. The zero-order valence-electron chi connectivity index (χ0n) is 13.3. The molecule has 0 unspecified atom stereocenters. The van der Waals surface area contributed by atoms with Gasteiger partial charge in [0.2, 0.25) is 5.82 Å². The van der Waals surface area contributed by atoms with Crippen LogP contribution in [0.1, 0.15) is 0 Å². The number of hydrogen-bond acceptors (Lipinski definition) is 3. The van der Waals surface area contributed by atoms with Gasteiger partial charge in [-0.25, -0.2) is 13.2 Å². The molecule has 0 aromatic heterocycles. The Morgan fingerprint density at radius 1 is 0.889 bits per heavy atom. The molecule has 0 saturated carbocycles. The van der Waals surface area contributed by atoms with Gasteiger partial charge in [-0.3, -0.25) is 10.1 Å². The van der Waals surface area contributed by atoms with Crippen LogP contribution < -0.4 is 5.73 Å². The zero-order valence-corrected chi connectivity index (χ0v) is 15.4. The first-order valence-electron chi connectivity index (χ1n) is 7.38. The van der Waals surface area contributed by atoms with Gasteiger partial charge in [0.15, 0.2) is 11.6 Å². The molecule has 0 amide bonds. The first-order chi connectivity index (χ1) is 12.7. The van der Waals surface area contributed by atoms with Crippen LogP contribution in [0.4, 0.5) is 28.9 Å². The molecule has 3 aromatic rings. The lowest BCUT2D eigenvalue weighted by molar-refractivity contribution is -0.387. The summed E-state index contributed by atoms with van der Waals surface area (Å²) in [5.41, 5.74) is 3.20. The predicted octanol–water partition coefficient (Wildman–Crippen LogP) is 5.67.